The number of hydrogen-bond donors (Lipinski definition) is 1. The lowest BCUT2D eigenvalue weighted by molar-refractivity contribution is -0.130. The van der Waals surface area contributed by atoms with E-state index in [0.29, 0.717) is 5.78 Å². The van der Waals surface area contributed by atoms with Crippen molar-refractivity contribution in [2.24, 2.45) is 5.41 Å². The van der Waals surface area contributed by atoms with Crippen LogP contribution in [0.5, 0.6) is 0 Å². The third kappa shape index (κ3) is 2.57. The van der Waals surface area contributed by atoms with Crippen molar-refractivity contribution < 1.29 is 4.79 Å². The smallest absolute Gasteiger partial charge is 0.140 e. The van der Waals surface area contributed by atoms with Crippen LogP contribution in [0.4, 0.5) is 0 Å². The van der Waals surface area contributed by atoms with Gasteiger partial charge in [0.2, 0.25) is 0 Å². The maximum absolute atomic E-state index is 12.1. The fourth-order valence-electron chi connectivity index (χ4n) is 2.31. The van der Waals surface area contributed by atoms with Gasteiger partial charge < -0.3 is 5.32 Å². The molecule has 1 N–H and O–H groups in total. The van der Waals surface area contributed by atoms with E-state index in [2.05, 4.69) is 19.2 Å². The second-order valence-electron chi connectivity index (χ2n) is 4.44. The molecule has 0 bridgehead atoms. The summed E-state index contributed by atoms with van der Waals surface area (Å²) in [5.74, 6) is 0.494. The summed E-state index contributed by atoms with van der Waals surface area (Å²) in [5, 5.41) is 3.36. The van der Waals surface area contributed by atoms with E-state index in [1.165, 1.54) is 0 Å². The van der Waals surface area contributed by atoms with Crippen molar-refractivity contribution in [1.29, 1.82) is 0 Å². The van der Waals surface area contributed by atoms with Crippen LogP contribution >= 0.6 is 0 Å². The van der Waals surface area contributed by atoms with Gasteiger partial charge in [0, 0.05) is 18.4 Å². The van der Waals surface area contributed by atoms with Gasteiger partial charge in [0.15, 0.2) is 0 Å². The second-order valence-corrected chi connectivity index (χ2v) is 4.44. The summed E-state index contributed by atoms with van der Waals surface area (Å²) in [6.45, 7) is 6.29. The normalized spacial score (nSPS) is 27.6. The number of piperidine rings is 1. The Morgan fingerprint density at radius 1 is 1.43 bits per heavy atom. The van der Waals surface area contributed by atoms with Crippen LogP contribution in [-0.2, 0) is 4.79 Å². The molecule has 1 saturated heterocycles. The number of rotatable bonds is 5. The minimum absolute atomic E-state index is 0.0204. The van der Waals surface area contributed by atoms with Crippen LogP contribution in [-0.4, -0.2) is 18.9 Å². The molecule has 1 unspecified atom stereocenters. The number of carbonyl (C=O) groups excluding carboxylic acids is 1. The van der Waals surface area contributed by atoms with E-state index in [-0.39, 0.29) is 5.41 Å². The zero-order valence-electron chi connectivity index (χ0n) is 9.57. The number of ketones is 1. The highest BCUT2D eigenvalue weighted by atomic mass is 16.1. The average Bonchev–Trinajstić information content (AvgIpc) is 2.26. The zero-order chi connectivity index (χ0) is 10.4. The molecular formula is C12H23NO. The van der Waals surface area contributed by atoms with Crippen molar-refractivity contribution in [3.8, 4) is 0 Å². The Morgan fingerprint density at radius 3 is 2.71 bits per heavy atom. The molecule has 14 heavy (non-hydrogen) atoms. The summed E-state index contributed by atoms with van der Waals surface area (Å²) in [4.78, 5) is 12.1. The van der Waals surface area contributed by atoms with Crippen LogP contribution < -0.4 is 5.32 Å². The Labute approximate surface area is 87.5 Å². The van der Waals surface area contributed by atoms with E-state index in [1.807, 2.05) is 0 Å². The number of Topliss-reactive ketones (excluding diaryl/α,β-unsaturated/α-hetero) is 1. The third-order valence-electron chi connectivity index (χ3n) is 3.50. The van der Waals surface area contributed by atoms with Gasteiger partial charge in [-0.25, -0.2) is 0 Å². The summed E-state index contributed by atoms with van der Waals surface area (Å²) >= 11 is 0. The fraction of sp³-hybridized carbons (Fsp3) is 0.917. The molecule has 0 aromatic heterocycles. The molecule has 0 amide bonds. The molecule has 2 heteroatoms. The van der Waals surface area contributed by atoms with Crippen LogP contribution in [0.25, 0.3) is 0 Å². The first-order valence-electron chi connectivity index (χ1n) is 5.99. The fourth-order valence-corrected chi connectivity index (χ4v) is 2.31. The first kappa shape index (κ1) is 11.7. The van der Waals surface area contributed by atoms with E-state index < -0.39 is 0 Å². The molecule has 0 aliphatic carbocycles. The van der Waals surface area contributed by atoms with Crippen LogP contribution in [0.3, 0.4) is 0 Å². The molecule has 1 aliphatic rings. The monoisotopic (exact) mass is 197 g/mol. The largest absolute Gasteiger partial charge is 0.316 e. The maximum Gasteiger partial charge on any atom is 0.140 e. The molecule has 1 rings (SSSR count). The third-order valence-corrected chi connectivity index (χ3v) is 3.50. The Balaban J connectivity index is 2.53. The zero-order valence-corrected chi connectivity index (χ0v) is 9.57. The lowest BCUT2D eigenvalue weighted by Crippen LogP contribution is -2.45. The van der Waals surface area contributed by atoms with E-state index in [0.717, 1.165) is 51.6 Å². The molecule has 0 spiro atoms. The number of hydrogen-bond acceptors (Lipinski definition) is 2. The van der Waals surface area contributed by atoms with Crippen LogP contribution in [0, 0.1) is 5.41 Å². The van der Waals surface area contributed by atoms with Gasteiger partial charge >= 0.3 is 0 Å². The van der Waals surface area contributed by atoms with Gasteiger partial charge in [-0.2, -0.15) is 0 Å². The molecule has 0 saturated carbocycles. The van der Waals surface area contributed by atoms with E-state index in [4.69, 9.17) is 0 Å². The molecule has 2 nitrogen and oxygen atoms in total. The van der Waals surface area contributed by atoms with E-state index in [9.17, 15) is 4.79 Å². The van der Waals surface area contributed by atoms with Crippen molar-refractivity contribution in [1.82, 2.24) is 5.32 Å². The summed E-state index contributed by atoms with van der Waals surface area (Å²) < 4.78 is 0. The van der Waals surface area contributed by atoms with Crippen molar-refractivity contribution in [3.05, 3.63) is 0 Å². The van der Waals surface area contributed by atoms with Crippen LogP contribution in [0.15, 0.2) is 0 Å². The highest BCUT2D eigenvalue weighted by Crippen LogP contribution is 2.32. The van der Waals surface area contributed by atoms with Crippen LogP contribution in [0.1, 0.15) is 52.4 Å². The maximum atomic E-state index is 12.1. The van der Waals surface area contributed by atoms with Gasteiger partial charge in [-0.15, -0.1) is 0 Å². The molecule has 1 aliphatic heterocycles. The summed E-state index contributed by atoms with van der Waals surface area (Å²) in [7, 11) is 0. The Kier molecular flexibility index (Phi) is 4.59. The van der Waals surface area contributed by atoms with Crippen LogP contribution in [0.2, 0.25) is 0 Å². The van der Waals surface area contributed by atoms with Gasteiger partial charge in [-0.3, -0.25) is 4.79 Å². The summed E-state index contributed by atoms with van der Waals surface area (Å²) in [6, 6.07) is 0. The van der Waals surface area contributed by atoms with Gasteiger partial charge in [-0.05, 0) is 32.2 Å². The van der Waals surface area contributed by atoms with Gasteiger partial charge in [-0.1, -0.05) is 20.3 Å². The molecule has 0 aromatic rings. The summed E-state index contributed by atoms with van der Waals surface area (Å²) in [6.07, 6.45) is 6.22. The second kappa shape index (κ2) is 5.50. The summed E-state index contributed by atoms with van der Waals surface area (Å²) in [5.41, 5.74) is -0.0204. The van der Waals surface area contributed by atoms with E-state index in [1.54, 1.807) is 0 Å². The molecule has 1 atom stereocenters. The van der Waals surface area contributed by atoms with Gasteiger partial charge in [0.05, 0.1) is 0 Å². The minimum atomic E-state index is -0.0204. The van der Waals surface area contributed by atoms with Gasteiger partial charge in [0.1, 0.15) is 5.78 Å². The highest BCUT2D eigenvalue weighted by molar-refractivity contribution is 5.85. The average molecular weight is 197 g/mol. The molecule has 82 valence electrons. The standard InChI is InChI=1S/C12H23NO/c1-3-5-7-11(14)12(4-2)8-6-9-13-10-12/h13H,3-10H2,1-2H3. The van der Waals surface area contributed by atoms with Gasteiger partial charge in [0.25, 0.3) is 0 Å². The quantitative estimate of drug-likeness (QED) is 0.733. The first-order valence-corrected chi connectivity index (χ1v) is 5.99. The number of nitrogens with one attached hydrogen (secondary N) is 1. The molecule has 1 fully saturated rings. The highest BCUT2D eigenvalue weighted by Gasteiger charge is 2.36. The predicted molar refractivity (Wildman–Crippen MR) is 59.4 cm³/mol. The first-order chi connectivity index (χ1) is 6.75. The molecule has 0 radical (unpaired) electrons. The minimum Gasteiger partial charge on any atom is -0.316 e. The Morgan fingerprint density at radius 2 is 2.21 bits per heavy atom. The van der Waals surface area contributed by atoms with Crippen molar-refractivity contribution in [2.45, 2.75) is 52.4 Å². The lowest BCUT2D eigenvalue weighted by Gasteiger charge is -2.35. The number of carbonyl (C=O) groups is 1. The molecule has 0 aromatic carbocycles. The molecular weight excluding hydrogens is 174 g/mol. The molecule has 1 heterocycles. The number of unbranched alkanes of at least 4 members (excludes halogenated alkanes) is 1. The Hall–Kier alpha value is -0.370. The predicted octanol–water partition coefficient (Wildman–Crippen LogP) is 2.53. The Bertz CT molecular complexity index is 183. The lowest BCUT2D eigenvalue weighted by atomic mass is 9.73. The van der Waals surface area contributed by atoms with Crippen molar-refractivity contribution in [3.63, 3.8) is 0 Å². The van der Waals surface area contributed by atoms with Crippen molar-refractivity contribution in [2.75, 3.05) is 13.1 Å². The topological polar surface area (TPSA) is 29.1 Å². The van der Waals surface area contributed by atoms with Crippen molar-refractivity contribution >= 4 is 5.78 Å². The van der Waals surface area contributed by atoms with E-state index >= 15 is 0 Å². The SMILES string of the molecule is CCCCC(=O)C1(CC)CCCNC1.